The van der Waals surface area contributed by atoms with Gasteiger partial charge in [-0.1, -0.05) is 54.2 Å². The Kier molecular flexibility index (Phi) is 5.56. The summed E-state index contributed by atoms with van der Waals surface area (Å²) in [6, 6.07) is 21.6. The Morgan fingerprint density at radius 2 is 1.88 bits per heavy atom. The lowest BCUT2D eigenvalue weighted by molar-refractivity contribution is 0.559. The number of nitrogens with zero attached hydrogens (tertiary/aromatic N) is 4. The van der Waals surface area contributed by atoms with Crippen LogP contribution in [0, 0.1) is 6.92 Å². The lowest BCUT2D eigenvalue weighted by Gasteiger charge is -2.11. The summed E-state index contributed by atoms with van der Waals surface area (Å²) >= 11 is 1.55. The quantitative estimate of drug-likeness (QED) is 0.270. The van der Waals surface area contributed by atoms with Crippen LogP contribution in [0.5, 0.6) is 0 Å². The van der Waals surface area contributed by atoms with Crippen molar-refractivity contribution < 1.29 is 4.42 Å². The molecule has 2 aromatic carbocycles. The molecule has 0 aliphatic carbocycles. The van der Waals surface area contributed by atoms with Gasteiger partial charge in [0.05, 0.1) is 6.54 Å². The molecule has 5 rings (SSSR count). The number of thioether (sulfide) groups is 1. The summed E-state index contributed by atoms with van der Waals surface area (Å²) in [6.45, 7) is 2.62. The highest BCUT2D eigenvalue weighted by Crippen LogP contribution is 2.29. The molecule has 158 valence electrons. The minimum atomic E-state index is -0.347. The van der Waals surface area contributed by atoms with Gasteiger partial charge in [-0.3, -0.25) is 9.55 Å². The van der Waals surface area contributed by atoms with Crippen molar-refractivity contribution in [1.29, 1.82) is 0 Å². The SMILES string of the molecule is Cc1ccc2c(CSc3nnc(-c4cccnc4)n3Cc3ccccc3)cc(=O)oc2c1. The van der Waals surface area contributed by atoms with Crippen LogP contribution in [0.1, 0.15) is 16.7 Å². The first-order valence-electron chi connectivity index (χ1n) is 10.2. The van der Waals surface area contributed by atoms with Crippen molar-refractivity contribution in [3.05, 3.63) is 106 Å². The molecule has 32 heavy (non-hydrogen) atoms. The van der Waals surface area contributed by atoms with Crippen molar-refractivity contribution >= 4 is 22.7 Å². The first-order valence-corrected chi connectivity index (χ1v) is 11.2. The Bertz CT molecular complexity index is 1430. The third-order valence-corrected chi connectivity index (χ3v) is 6.18. The zero-order chi connectivity index (χ0) is 21.9. The summed E-state index contributed by atoms with van der Waals surface area (Å²) in [4.78, 5) is 16.3. The second-order valence-corrected chi connectivity index (χ2v) is 8.44. The van der Waals surface area contributed by atoms with Crippen LogP contribution < -0.4 is 5.63 Å². The van der Waals surface area contributed by atoms with Crippen LogP contribution in [0.2, 0.25) is 0 Å². The van der Waals surface area contributed by atoms with Gasteiger partial charge in [-0.15, -0.1) is 10.2 Å². The molecule has 5 aromatic rings. The highest BCUT2D eigenvalue weighted by Gasteiger charge is 2.16. The Hall–Kier alpha value is -3.71. The summed E-state index contributed by atoms with van der Waals surface area (Å²) in [5, 5.41) is 10.6. The van der Waals surface area contributed by atoms with Crippen molar-refractivity contribution in [2.24, 2.45) is 0 Å². The van der Waals surface area contributed by atoms with Gasteiger partial charge in [0.2, 0.25) is 0 Å². The van der Waals surface area contributed by atoms with E-state index in [9.17, 15) is 4.79 Å². The van der Waals surface area contributed by atoms with Crippen LogP contribution >= 0.6 is 11.8 Å². The maximum atomic E-state index is 12.1. The van der Waals surface area contributed by atoms with Crippen molar-refractivity contribution in [2.75, 3.05) is 0 Å². The lowest BCUT2D eigenvalue weighted by Crippen LogP contribution is -2.05. The van der Waals surface area contributed by atoms with Crippen LogP contribution in [0.15, 0.2) is 93.5 Å². The van der Waals surface area contributed by atoms with E-state index in [4.69, 9.17) is 4.42 Å². The molecule has 0 aliphatic rings. The number of rotatable bonds is 6. The van der Waals surface area contributed by atoms with Gasteiger partial charge in [0.1, 0.15) is 5.58 Å². The number of hydrogen-bond acceptors (Lipinski definition) is 6. The summed E-state index contributed by atoms with van der Waals surface area (Å²) in [6.07, 6.45) is 3.53. The zero-order valence-electron chi connectivity index (χ0n) is 17.4. The molecule has 0 fully saturated rings. The third-order valence-electron chi connectivity index (χ3n) is 5.16. The number of pyridine rings is 1. The summed E-state index contributed by atoms with van der Waals surface area (Å²) in [7, 11) is 0. The van der Waals surface area contributed by atoms with Gasteiger partial charge in [-0.05, 0) is 41.8 Å². The first-order chi connectivity index (χ1) is 15.7. The standard InChI is InChI=1S/C25H20N4O2S/c1-17-9-10-21-20(13-23(30)31-22(21)12-17)16-32-25-28-27-24(19-8-5-11-26-14-19)29(25)15-18-6-3-2-4-7-18/h2-14H,15-16H2,1H3. The molecule has 3 aromatic heterocycles. The summed E-state index contributed by atoms with van der Waals surface area (Å²) in [5.74, 6) is 1.34. The molecule has 6 nitrogen and oxygen atoms in total. The second-order valence-electron chi connectivity index (χ2n) is 7.50. The van der Waals surface area contributed by atoms with Gasteiger partial charge in [-0.25, -0.2) is 4.79 Å². The maximum Gasteiger partial charge on any atom is 0.336 e. The Balaban J connectivity index is 1.51. The monoisotopic (exact) mass is 440 g/mol. The summed E-state index contributed by atoms with van der Waals surface area (Å²) < 4.78 is 7.49. The van der Waals surface area contributed by atoms with Gasteiger partial charge >= 0.3 is 5.63 Å². The van der Waals surface area contributed by atoms with E-state index >= 15 is 0 Å². The van der Waals surface area contributed by atoms with E-state index in [-0.39, 0.29) is 5.63 Å². The second kappa shape index (κ2) is 8.80. The fourth-order valence-corrected chi connectivity index (χ4v) is 4.54. The molecule has 0 radical (unpaired) electrons. The fourth-order valence-electron chi connectivity index (χ4n) is 3.61. The Morgan fingerprint density at radius 3 is 2.69 bits per heavy atom. The van der Waals surface area contributed by atoms with Gasteiger partial charge in [-0.2, -0.15) is 0 Å². The predicted molar refractivity (Wildman–Crippen MR) is 126 cm³/mol. The molecule has 0 N–H and O–H groups in total. The molecule has 0 unspecified atom stereocenters. The third kappa shape index (κ3) is 4.20. The van der Waals surface area contributed by atoms with E-state index in [1.54, 1.807) is 30.2 Å². The highest BCUT2D eigenvalue weighted by atomic mass is 32.2. The minimum Gasteiger partial charge on any atom is -0.423 e. The van der Waals surface area contributed by atoms with Gasteiger partial charge in [0.25, 0.3) is 0 Å². The molecular weight excluding hydrogens is 420 g/mol. The molecule has 0 bridgehead atoms. The van der Waals surface area contributed by atoms with Crippen LogP contribution in [-0.2, 0) is 12.3 Å². The first kappa shape index (κ1) is 20.2. The van der Waals surface area contributed by atoms with Crippen molar-refractivity contribution in [3.8, 4) is 11.4 Å². The van der Waals surface area contributed by atoms with E-state index in [1.165, 1.54) is 0 Å². The Morgan fingerprint density at radius 1 is 1.00 bits per heavy atom. The normalized spacial score (nSPS) is 11.2. The van der Waals surface area contributed by atoms with Gasteiger partial charge in [0.15, 0.2) is 11.0 Å². The van der Waals surface area contributed by atoms with Crippen LogP contribution in [0.3, 0.4) is 0 Å². The molecule has 0 amide bonds. The molecule has 0 atom stereocenters. The van der Waals surface area contributed by atoms with Gasteiger partial charge in [0, 0.05) is 35.2 Å². The smallest absolute Gasteiger partial charge is 0.336 e. The molecule has 0 saturated heterocycles. The Labute approximate surface area is 189 Å². The lowest BCUT2D eigenvalue weighted by atomic mass is 10.1. The van der Waals surface area contributed by atoms with E-state index in [0.29, 0.717) is 17.9 Å². The number of aryl methyl sites for hydroxylation is 1. The average molecular weight is 441 g/mol. The van der Waals surface area contributed by atoms with Crippen molar-refractivity contribution in [1.82, 2.24) is 19.7 Å². The fraction of sp³-hybridized carbons (Fsp3) is 0.120. The van der Waals surface area contributed by atoms with Gasteiger partial charge < -0.3 is 4.42 Å². The highest BCUT2D eigenvalue weighted by molar-refractivity contribution is 7.98. The number of fused-ring (bicyclic) bond motifs is 1. The van der Waals surface area contributed by atoms with Crippen molar-refractivity contribution in [3.63, 3.8) is 0 Å². The molecule has 0 aliphatic heterocycles. The molecular formula is C25H20N4O2S. The van der Waals surface area contributed by atoms with Crippen molar-refractivity contribution in [2.45, 2.75) is 24.4 Å². The topological polar surface area (TPSA) is 73.8 Å². The van der Waals surface area contributed by atoms with E-state index < -0.39 is 0 Å². The minimum absolute atomic E-state index is 0.347. The van der Waals surface area contributed by atoms with Crippen LogP contribution in [0.4, 0.5) is 0 Å². The molecule has 0 spiro atoms. The molecule has 7 heteroatoms. The average Bonchev–Trinajstić information content (AvgIpc) is 3.20. The maximum absolute atomic E-state index is 12.1. The number of hydrogen-bond donors (Lipinski definition) is 0. The van der Waals surface area contributed by atoms with Crippen LogP contribution in [0.25, 0.3) is 22.4 Å². The molecule has 3 heterocycles. The van der Waals surface area contributed by atoms with E-state index in [0.717, 1.165) is 38.6 Å². The largest absolute Gasteiger partial charge is 0.423 e. The number of benzene rings is 2. The van der Waals surface area contributed by atoms with Crippen LogP contribution in [-0.4, -0.2) is 19.7 Å². The van der Waals surface area contributed by atoms with E-state index in [1.807, 2.05) is 55.5 Å². The molecule has 0 saturated carbocycles. The predicted octanol–water partition coefficient (Wildman–Crippen LogP) is 5.10. The summed E-state index contributed by atoms with van der Waals surface area (Å²) in [5.41, 5.74) is 4.28. The number of aromatic nitrogens is 4. The zero-order valence-corrected chi connectivity index (χ0v) is 18.2. The van der Waals surface area contributed by atoms with E-state index in [2.05, 4.69) is 31.9 Å².